The fourth-order valence-corrected chi connectivity index (χ4v) is 2.58. The summed E-state index contributed by atoms with van der Waals surface area (Å²) in [7, 11) is 0. The summed E-state index contributed by atoms with van der Waals surface area (Å²) in [6.45, 7) is 5.37. The van der Waals surface area contributed by atoms with E-state index in [1.807, 2.05) is 11.8 Å². The summed E-state index contributed by atoms with van der Waals surface area (Å²) >= 11 is 0. The van der Waals surface area contributed by atoms with Crippen molar-refractivity contribution in [1.29, 1.82) is 0 Å². The van der Waals surface area contributed by atoms with E-state index in [-0.39, 0.29) is 6.04 Å². The zero-order valence-corrected chi connectivity index (χ0v) is 10.9. The van der Waals surface area contributed by atoms with Gasteiger partial charge in [0.2, 0.25) is 0 Å². The van der Waals surface area contributed by atoms with E-state index in [0.29, 0.717) is 12.5 Å². The summed E-state index contributed by atoms with van der Waals surface area (Å²) in [4.78, 5) is 17.5. The second-order valence-corrected chi connectivity index (χ2v) is 4.98. The monoisotopic (exact) mass is 252 g/mol. The van der Waals surface area contributed by atoms with Gasteiger partial charge < -0.3 is 9.52 Å². The average molecular weight is 252 g/mol. The van der Waals surface area contributed by atoms with Gasteiger partial charge >= 0.3 is 5.97 Å². The van der Waals surface area contributed by atoms with Gasteiger partial charge in [0.15, 0.2) is 6.39 Å². The Bertz CT molecular complexity index is 416. The van der Waals surface area contributed by atoms with Crippen LogP contribution in [0.2, 0.25) is 0 Å². The van der Waals surface area contributed by atoms with E-state index < -0.39 is 5.97 Å². The molecule has 1 aliphatic heterocycles. The summed E-state index contributed by atoms with van der Waals surface area (Å²) in [6.07, 6.45) is 4.28. The Morgan fingerprint density at radius 1 is 1.67 bits per heavy atom. The number of hydrogen-bond acceptors (Lipinski definition) is 4. The molecule has 1 aromatic rings. The standard InChI is InChI=1S/C13H20N2O3/c1-3-10-4-5-15(12(6-10)13(16)17)7-11-9(2)18-8-14-11/h8,10,12H,3-7H2,1-2H3,(H,16,17). The Hall–Kier alpha value is -1.36. The molecular weight excluding hydrogens is 232 g/mol. The number of carboxylic acid groups (broad SMARTS) is 1. The molecule has 2 unspecified atom stereocenters. The lowest BCUT2D eigenvalue weighted by molar-refractivity contribution is -0.145. The Kier molecular flexibility index (Phi) is 4.01. The number of aromatic nitrogens is 1. The predicted molar refractivity (Wildman–Crippen MR) is 66.1 cm³/mol. The minimum Gasteiger partial charge on any atom is -0.480 e. The van der Waals surface area contributed by atoms with Crippen molar-refractivity contribution in [3.63, 3.8) is 0 Å². The van der Waals surface area contributed by atoms with Crippen molar-refractivity contribution in [3.8, 4) is 0 Å². The van der Waals surface area contributed by atoms with Gasteiger partial charge in [-0.05, 0) is 32.2 Å². The fourth-order valence-electron chi connectivity index (χ4n) is 2.58. The fraction of sp³-hybridized carbons (Fsp3) is 0.692. The largest absolute Gasteiger partial charge is 0.480 e. The third kappa shape index (κ3) is 2.72. The van der Waals surface area contributed by atoms with Crippen molar-refractivity contribution >= 4 is 5.97 Å². The van der Waals surface area contributed by atoms with Gasteiger partial charge in [0.25, 0.3) is 0 Å². The van der Waals surface area contributed by atoms with Crippen LogP contribution in [0.4, 0.5) is 0 Å². The van der Waals surface area contributed by atoms with Crippen molar-refractivity contribution in [2.75, 3.05) is 6.54 Å². The zero-order valence-electron chi connectivity index (χ0n) is 10.9. The van der Waals surface area contributed by atoms with Crippen molar-refractivity contribution in [2.24, 2.45) is 5.92 Å². The first-order valence-electron chi connectivity index (χ1n) is 6.47. The lowest BCUT2D eigenvalue weighted by atomic mass is 9.89. The topological polar surface area (TPSA) is 66.6 Å². The van der Waals surface area contributed by atoms with Crippen molar-refractivity contribution in [2.45, 2.75) is 45.7 Å². The molecule has 0 aromatic carbocycles. The molecule has 0 bridgehead atoms. The summed E-state index contributed by atoms with van der Waals surface area (Å²) in [5.41, 5.74) is 0.844. The number of oxazole rings is 1. The Balaban J connectivity index is 2.07. The van der Waals surface area contributed by atoms with Crippen molar-refractivity contribution in [1.82, 2.24) is 9.88 Å². The van der Waals surface area contributed by atoms with E-state index in [9.17, 15) is 9.90 Å². The molecule has 18 heavy (non-hydrogen) atoms. The molecule has 0 saturated carbocycles. The van der Waals surface area contributed by atoms with E-state index in [1.54, 1.807) is 0 Å². The number of carbonyl (C=O) groups is 1. The molecule has 0 amide bonds. The second kappa shape index (κ2) is 5.52. The van der Waals surface area contributed by atoms with Crippen molar-refractivity contribution < 1.29 is 14.3 Å². The quantitative estimate of drug-likeness (QED) is 0.888. The average Bonchev–Trinajstić information content (AvgIpc) is 2.75. The van der Waals surface area contributed by atoms with Crippen LogP contribution in [0, 0.1) is 12.8 Å². The number of hydrogen-bond donors (Lipinski definition) is 1. The highest BCUT2D eigenvalue weighted by Crippen LogP contribution is 2.27. The van der Waals surface area contributed by atoms with Crippen LogP contribution in [0.15, 0.2) is 10.8 Å². The summed E-state index contributed by atoms with van der Waals surface area (Å²) in [5, 5.41) is 9.33. The molecule has 100 valence electrons. The number of aryl methyl sites for hydroxylation is 1. The molecule has 5 nitrogen and oxygen atoms in total. The summed E-state index contributed by atoms with van der Waals surface area (Å²) in [6, 6.07) is -0.389. The van der Waals surface area contributed by atoms with E-state index in [0.717, 1.165) is 37.3 Å². The van der Waals surface area contributed by atoms with Crippen LogP contribution in [0.5, 0.6) is 0 Å². The van der Waals surface area contributed by atoms with Crippen LogP contribution in [-0.4, -0.2) is 33.5 Å². The second-order valence-electron chi connectivity index (χ2n) is 4.98. The Morgan fingerprint density at radius 3 is 3.00 bits per heavy atom. The lowest BCUT2D eigenvalue weighted by Crippen LogP contribution is -2.46. The third-order valence-corrected chi connectivity index (χ3v) is 3.88. The molecule has 2 atom stereocenters. The Morgan fingerprint density at radius 2 is 2.44 bits per heavy atom. The van der Waals surface area contributed by atoms with E-state index in [2.05, 4.69) is 11.9 Å². The molecule has 1 aromatic heterocycles. The molecule has 2 rings (SSSR count). The van der Waals surface area contributed by atoms with Crippen molar-refractivity contribution in [3.05, 3.63) is 17.8 Å². The highest BCUT2D eigenvalue weighted by molar-refractivity contribution is 5.73. The van der Waals surface area contributed by atoms with Crippen LogP contribution in [0.25, 0.3) is 0 Å². The molecule has 0 spiro atoms. The minimum absolute atomic E-state index is 0.389. The molecule has 1 fully saturated rings. The number of carboxylic acids is 1. The number of piperidine rings is 1. The van der Waals surface area contributed by atoms with Crippen LogP contribution < -0.4 is 0 Å². The first-order valence-corrected chi connectivity index (χ1v) is 6.47. The van der Waals surface area contributed by atoms with Gasteiger partial charge in [0.1, 0.15) is 11.8 Å². The maximum absolute atomic E-state index is 11.4. The van der Waals surface area contributed by atoms with Crippen LogP contribution in [0.3, 0.4) is 0 Å². The van der Waals surface area contributed by atoms with Gasteiger partial charge in [0.05, 0.1) is 5.69 Å². The van der Waals surface area contributed by atoms with Gasteiger partial charge in [-0.1, -0.05) is 13.3 Å². The smallest absolute Gasteiger partial charge is 0.320 e. The number of nitrogens with zero attached hydrogens (tertiary/aromatic N) is 2. The Labute approximate surface area is 107 Å². The zero-order chi connectivity index (χ0) is 13.1. The maximum Gasteiger partial charge on any atom is 0.320 e. The van der Waals surface area contributed by atoms with Crippen LogP contribution in [-0.2, 0) is 11.3 Å². The van der Waals surface area contributed by atoms with E-state index in [1.165, 1.54) is 6.39 Å². The van der Waals surface area contributed by atoms with Gasteiger partial charge in [-0.3, -0.25) is 9.69 Å². The van der Waals surface area contributed by atoms with Gasteiger partial charge in [-0.25, -0.2) is 4.98 Å². The molecule has 1 aliphatic rings. The van der Waals surface area contributed by atoms with Gasteiger partial charge in [-0.15, -0.1) is 0 Å². The normalized spacial score (nSPS) is 25.2. The first-order chi connectivity index (χ1) is 8.61. The number of likely N-dealkylation sites (tertiary alicyclic amines) is 1. The predicted octanol–water partition coefficient (Wildman–Crippen LogP) is 2.06. The molecule has 5 heteroatoms. The highest BCUT2D eigenvalue weighted by Gasteiger charge is 2.33. The molecule has 0 radical (unpaired) electrons. The van der Waals surface area contributed by atoms with Crippen LogP contribution in [0.1, 0.15) is 37.6 Å². The highest BCUT2D eigenvalue weighted by atomic mass is 16.4. The van der Waals surface area contributed by atoms with Gasteiger partial charge in [0, 0.05) is 6.54 Å². The molecular formula is C13H20N2O3. The number of aliphatic carboxylic acids is 1. The molecule has 0 aliphatic carbocycles. The lowest BCUT2D eigenvalue weighted by Gasteiger charge is -2.36. The van der Waals surface area contributed by atoms with E-state index >= 15 is 0 Å². The third-order valence-electron chi connectivity index (χ3n) is 3.88. The maximum atomic E-state index is 11.4. The molecule has 1 saturated heterocycles. The van der Waals surface area contributed by atoms with Gasteiger partial charge in [-0.2, -0.15) is 0 Å². The summed E-state index contributed by atoms with van der Waals surface area (Å²) in [5.74, 6) is 0.576. The minimum atomic E-state index is -0.728. The van der Waals surface area contributed by atoms with E-state index in [4.69, 9.17) is 4.42 Å². The molecule has 1 N–H and O–H groups in total. The number of rotatable bonds is 4. The first kappa shape index (κ1) is 13.1. The molecule has 2 heterocycles. The SMILES string of the molecule is CCC1CCN(Cc2ncoc2C)C(C(=O)O)C1. The summed E-state index contributed by atoms with van der Waals surface area (Å²) < 4.78 is 5.16. The van der Waals surface area contributed by atoms with Crippen LogP contribution >= 0.6 is 0 Å².